The maximum Gasteiger partial charge on any atom is 0.215 e. The van der Waals surface area contributed by atoms with Crippen molar-refractivity contribution >= 4 is 21.6 Å². The van der Waals surface area contributed by atoms with Crippen LogP contribution in [0.2, 0.25) is 5.02 Å². The summed E-state index contributed by atoms with van der Waals surface area (Å²) in [6.07, 6.45) is -0.982. The second-order valence-corrected chi connectivity index (χ2v) is 6.84. The van der Waals surface area contributed by atoms with Crippen molar-refractivity contribution in [2.24, 2.45) is 0 Å². The molecule has 0 amide bonds. The van der Waals surface area contributed by atoms with Crippen LogP contribution in [-0.2, 0) is 15.8 Å². The van der Waals surface area contributed by atoms with Gasteiger partial charge in [0.05, 0.1) is 11.9 Å². The standard InChI is InChI=1S/C15H16ClNO3S/c16-14-9-5-4-8-13(14)15(18)10-17-21(19,20)11-12-6-2-1-3-7-12/h1-9,15,17-18H,10-11H2. The molecule has 2 N–H and O–H groups in total. The van der Waals surface area contributed by atoms with Gasteiger partial charge in [0.15, 0.2) is 0 Å². The molecule has 2 aromatic carbocycles. The summed E-state index contributed by atoms with van der Waals surface area (Å²) >= 11 is 5.96. The zero-order valence-corrected chi connectivity index (χ0v) is 12.8. The lowest BCUT2D eigenvalue weighted by Crippen LogP contribution is -2.29. The molecule has 2 rings (SSSR count). The predicted octanol–water partition coefficient (Wildman–Crippen LogP) is 2.49. The molecule has 4 nitrogen and oxygen atoms in total. The summed E-state index contributed by atoms with van der Waals surface area (Å²) in [6, 6.07) is 15.7. The van der Waals surface area contributed by atoms with Crippen LogP contribution >= 0.6 is 11.6 Å². The van der Waals surface area contributed by atoms with Gasteiger partial charge in [0.1, 0.15) is 0 Å². The van der Waals surface area contributed by atoms with Crippen molar-refractivity contribution in [3.8, 4) is 0 Å². The fourth-order valence-electron chi connectivity index (χ4n) is 1.91. The van der Waals surface area contributed by atoms with E-state index in [0.717, 1.165) is 0 Å². The van der Waals surface area contributed by atoms with Crippen LogP contribution in [0.15, 0.2) is 54.6 Å². The molecular formula is C15H16ClNO3S. The number of halogens is 1. The fourth-order valence-corrected chi connectivity index (χ4v) is 3.31. The molecule has 21 heavy (non-hydrogen) atoms. The average molecular weight is 326 g/mol. The van der Waals surface area contributed by atoms with Crippen molar-refractivity contribution in [2.75, 3.05) is 6.54 Å². The second kappa shape index (κ2) is 7.04. The van der Waals surface area contributed by atoms with E-state index in [1.165, 1.54) is 0 Å². The Bertz CT molecular complexity index is 689. The van der Waals surface area contributed by atoms with Gasteiger partial charge in [-0.05, 0) is 11.6 Å². The molecule has 0 saturated carbocycles. The SMILES string of the molecule is O=S(=O)(Cc1ccccc1)NCC(O)c1ccccc1Cl. The highest BCUT2D eigenvalue weighted by Gasteiger charge is 2.16. The summed E-state index contributed by atoms with van der Waals surface area (Å²) in [6.45, 7) is -0.112. The molecule has 2 aromatic rings. The highest BCUT2D eigenvalue weighted by molar-refractivity contribution is 7.88. The topological polar surface area (TPSA) is 66.4 Å². The zero-order valence-electron chi connectivity index (χ0n) is 11.2. The summed E-state index contributed by atoms with van der Waals surface area (Å²) in [5.74, 6) is -0.122. The van der Waals surface area contributed by atoms with Crippen molar-refractivity contribution < 1.29 is 13.5 Å². The Morgan fingerprint density at radius 1 is 1.05 bits per heavy atom. The molecule has 1 unspecified atom stereocenters. The van der Waals surface area contributed by atoms with Gasteiger partial charge in [-0.2, -0.15) is 0 Å². The molecule has 0 aromatic heterocycles. The third-order valence-corrected chi connectivity index (χ3v) is 4.62. The maximum atomic E-state index is 12.0. The van der Waals surface area contributed by atoms with E-state index >= 15 is 0 Å². The molecule has 112 valence electrons. The summed E-state index contributed by atoms with van der Waals surface area (Å²) < 4.78 is 26.3. The van der Waals surface area contributed by atoms with Gasteiger partial charge < -0.3 is 5.11 Å². The molecule has 0 radical (unpaired) electrons. The molecule has 0 aliphatic carbocycles. The number of aliphatic hydroxyl groups is 1. The van der Waals surface area contributed by atoms with E-state index in [2.05, 4.69) is 4.72 Å². The average Bonchev–Trinajstić information content (AvgIpc) is 2.46. The Morgan fingerprint density at radius 2 is 1.67 bits per heavy atom. The van der Waals surface area contributed by atoms with Gasteiger partial charge >= 0.3 is 0 Å². The van der Waals surface area contributed by atoms with Crippen molar-refractivity contribution in [3.63, 3.8) is 0 Å². The van der Waals surface area contributed by atoms with Crippen molar-refractivity contribution in [3.05, 3.63) is 70.7 Å². The smallest absolute Gasteiger partial charge is 0.215 e. The summed E-state index contributed by atoms with van der Waals surface area (Å²) in [7, 11) is -3.50. The Hall–Kier alpha value is -1.40. The second-order valence-electron chi connectivity index (χ2n) is 4.63. The number of benzene rings is 2. The van der Waals surface area contributed by atoms with E-state index in [0.29, 0.717) is 16.1 Å². The normalized spacial score (nSPS) is 13.0. The lowest BCUT2D eigenvalue weighted by atomic mass is 10.1. The molecule has 0 bridgehead atoms. The first-order chi connectivity index (χ1) is 9.98. The van der Waals surface area contributed by atoms with Gasteiger partial charge in [0, 0.05) is 17.1 Å². The Labute approximate surface area is 129 Å². The van der Waals surface area contributed by atoms with Crippen molar-refractivity contribution in [1.82, 2.24) is 4.72 Å². The molecule has 0 spiro atoms. The fraction of sp³-hybridized carbons (Fsp3) is 0.200. The van der Waals surface area contributed by atoms with Crippen LogP contribution in [0.3, 0.4) is 0 Å². The Morgan fingerprint density at radius 3 is 2.33 bits per heavy atom. The van der Waals surface area contributed by atoms with E-state index in [1.54, 1.807) is 48.5 Å². The van der Waals surface area contributed by atoms with Crippen LogP contribution < -0.4 is 4.72 Å². The van der Waals surface area contributed by atoms with Gasteiger partial charge in [-0.3, -0.25) is 0 Å². The molecule has 6 heteroatoms. The van der Waals surface area contributed by atoms with Gasteiger partial charge in [-0.25, -0.2) is 13.1 Å². The summed E-state index contributed by atoms with van der Waals surface area (Å²) in [5.41, 5.74) is 1.19. The molecule has 0 aliphatic heterocycles. The maximum absolute atomic E-state index is 12.0. The first kappa shape index (κ1) is 16.0. The molecule has 0 fully saturated rings. The first-order valence-corrected chi connectivity index (χ1v) is 8.45. The summed E-state index contributed by atoms with van der Waals surface area (Å²) in [5, 5.41) is 10.4. The van der Waals surface area contributed by atoms with Crippen LogP contribution in [0.25, 0.3) is 0 Å². The molecule has 1 atom stereocenters. The van der Waals surface area contributed by atoms with Crippen LogP contribution in [0.1, 0.15) is 17.2 Å². The first-order valence-electron chi connectivity index (χ1n) is 6.42. The van der Waals surface area contributed by atoms with Crippen LogP contribution in [0.5, 0.6) is 0 Å². The van der Waals surface area contributed by atoms with Crippen molar-refractivity contribution in [2.45, 2.75) is 11.9 Å². The van der Waals surface area contributed by atoms with Crippen molar-refractivity contribution in [1.29, 1.82) is 0 Å². The summed E-state index contributed by atoms with van der Waals surface area (Å²) in [4.78, 5) is 0. The highest BCUT2D eigenvalue weighted by atomic mass is 35.5. The molecular weight excluding hydrogens is 310 g/mol. The predicted molar refractivity (Wildman–Crippen MR) is 83.5 cm³/mol. The lowest BCUT2D eigenvalue weighted by molar-refractivity contribution is 0.182. The van der Waals surface area contributed by atoms with Gasteiger partial charge in [0.25, 0.3) is 0 Å². The molecule has 0 saturated heterocycles. The number of nitrogens with one attached hydrogen (secondary N) is 1. The number of hydrogen-bond acceptors (Lipinski definition) is 3. The largest absolute Gasteiger partial charge is 0.387 e. The van der Waals surface area contributed by atoms with E-state index < -0.39 is 16.1 Å². The van der Waals surface area contributed by atoms with Crippen LogP contribution in [-0.4, -0.2) is 20.1 Å². The number of sulfonamides is 1. The monoisotopic (exact) mass is 325 g/mol. The third kappa shape index (κ3) is 4.82. The van der Waals surface area contributed by atoms with Gasteiger partial charge in [-0.1, -0.05) is 60.1 Å². The van der Waals surface area contributed by atoms with E-state index in [-0.39, 0.29) is 12.3 Å². The number of rotatable bonds is 6. The number of aliphatic hydroxyl groups excluding tert-OH is 1. The van der Waals surface area contributed by atoms with E-state index in [4.69, 9.17) is 11.6 Å². The van der Waals surface area contributed by atoms with Gasteiger partial charge in [-0.15, -0.1) is 0 Å². The van der Waals surface area contributed by atoms with Crippen LogP contribution in [0, 0.1) is 0 Å². The van der Waals surface area contributed by atoms with Gasteiger partial charge in [0.2, 0.25) is 10.0 Å². The van der Waals surface area contributed by atoms with E-state index in [1.807, 2.05) is 6.07 Å². The third-order valence-electron chi connectivity index (χ3n) is 2.96. The molecule has 0 aliphatic rings. The minimum Gasteiger partial charge on any atom is -0.387 e. The zero-order chi connectivity index (χ0) is 15.3. The minimum atomic E-state index is -3.50. The van der Waals surface area contributed by atoms with E-state index in [9.17, 15) is 13.5 Å². The molecule has 0 heterocycles. The Kier molecular flexibility index (Phi) is 5.36. The minimum absolute atomic E-state index is 0.112. The quantitative estimate of drug-likeness (QED) is 0.857. The van der Waals surface area contributed by atoms with Crippen LogP contribution in [0.4, 0.5) is 0 Å². The lowest BCUT2D eigenvalue weighted by Gasteiger charge is -2.14. The highest BCUT2D eigenvalue weighted by Crippen LogP contribution is 2.22. The Balaban J connectivity index is 1.97. The number of hydrogen-bond donors (Lipinski definition) is 2.